The van der Waals surface area contributed by atoms with E-state index in [2.05, 4.69) is 20.6 Å². The summed E-state index contributed by atoms with van der Waals surface area (Å²) >= 11 is 0. The van der Waals surface area contributed by atoms with Crippen molar-refractivity contribution in [3.63, 3.8) is 0 Å². The Balaban J connectivity index is 1.97. The summed E-state index contributed by atoms with van der Waals surface area (Å²) < 4.78 is 1.91. The molecule has 24 heavy (non-hydrogen) atoms. The van der Waals surface area contributed by atoms with Crippen molar-refractivity contribution in [2.45, 2.75) is 26.9 Å². The first-order valence-electron chi connectivity index (χ1n) is 8.21. The highest BCUT2D eigenvalue weighted by molar-refractivity contribution is 5.94. The third kappa shape index (κ3) is 4.14. The van der Waals surface area contributed by atoms with Gasteiger partial charge in [0.25, 0.3) is 5.91 Å². The number of benzene rings is 1. The Morgan fingerprint density at radius 2 is 1.88 bits per heavy atom. The molecule has 6 nitrogen and oxygen atoms in total. The smallest absolute Gasteiger partial charge is 0.251 e. The number of aromatic nitrogens is 2. The van der Waals surface area contributed by atoms with Crippen molar-refractivity contribution >= 4 is 11.7 Å². The Kier molecular flexibility index (Phi) is 5.98. The van der Waals surface area contributed by atoms with E-state index in [1.54, 1.807) is 0 Å². The number of carbonyl (C=O) groups excluding carboxylic acids is 1. The van der Waals surface area contributed by atoms with Crippen LogP contribution in [0.2, 0.25) is 0 Å². The molecule has 0 fully saturated rings. The van der Waals surface area contributed by atoms with Crippen LogP contribution in [0.4, 0.5) is 5.82 Å². The molecule has 2 aromatic rings. The van der Waals surface area contributed by atoms with Crippen molar-refractivity contribution < 1.29 is 4.79 Å². The van der Waals surface area contributed by atoms with E-state index in [0.29, 0.717) is 12.1 Å². The van der Waals surface area contributed by atoms with Gasteiger partial charge in [-0.1, -0.05) is 12.1 Å². The summed E-state index contributed by atoms with van der Waals surface area (Å²) in [5.41, 5.74) is 4.09. The lowest BCUT2D eigenvalue weighted by Crippen LogP contribution is -2.22. The van der Waals surface area contributed by atoms with Crippen LogP contribution in [0.3, 0.4) is 0 Å². The van der Waals surface area contributed by atoms with Gasteiger partial charge < -0.3 is 15.5 Å². The van der Waals surface area contributed by atoms with Crippen LogP contribution >= 0.6 is 0 Å². The highest BCUT2D eigenvalue weighted by Gasteiger charge is 2.14. The van der Waals surface area contributed by atoms with Crippen LogP contribution in [0.25, 0.3) is 0 Å². The van der Waals surface area contributed by atoms with Gasteiger partial charge in [-0.3, -0.25) is 9.48 Å². The van der Waals surface area contributed by atoms with E-state index in [4.69, 9.17) is 0 Å². The lowest BCUT2D eigenvalue weighted by molar-refractivity contribution is 0.0956. The first-order valence-corrected chi connectivity index (χ1v) is 8.21. The molecule has 0 bridgehead atoms. The number of rotatable bonds is 7. The Hall–Kier alpha value is -2.34. The molecule has 0 aliphatic rings. The first-order chi connectivity index (χ1) is 11.4. The predicted molar refractivity (Wildman–Crippen MR) is 97.3 cm³/mol. The van der Waals surface area contributed by atoms with Crippen LogP contribution in [0, 0.1) is 6.92 Å². The lowest BCUT2D eigenvalue weighted by Gasteiger charge is -2.15. The molecule has 0 aliphatic carbocycles. The third-order valence-electron chi connectivity index (χ3n) is 3.92. The van der Waals surface area contributed by atoms with E-state index < -0.39 is 0 Å². The lowest BCUT2D eigenvalue weighted by atomic mass is 10.1. The fourth-order valence-electron chi connectivity index (χ4n) is 2.82. The molecular formula is C18H27N5O. The van der Waals surface area contributed by atoms with Gasteiger partial charge in [0.05, 0.1) is 5.69 Å². The molecule has 0 atom stereocenters. The van der Waals surface area contributed by atoms with Gasteiger partial charge in [-0.2, -0.15) is 5.10 Å². The fraction of sp³-hybridized carbons (Fsp3) is 0.444. The molecule has 0 aliphatic heterocycles. The summed E-state index contributed by atoms with van der Waals surface area (Å²) in [7, 11) is 6.02. The van der Waals surface area contributed by atoms with Gasteiger partial charge in [-0.25, -0.2) is 0 Å². The number of nitrogens with one attached hydrogen (secondary N) is 2. The molecular weight excluding hydrogens is 302 g/mol. The Morgan fingerprint density at radius 3 is 2.46 bits per heavy atom. The van der Waals surface area contributed by atoms with Crippen molar-refractivity contribution in [2.75, 3.05) is 25.5 Å². The zero-order valence-electron chi connectivity index (χ0n) is 15.2. The average molecular weight is 329 g/mol. The molecule has 1 aromatic heterocycles. The summed E-state index contributed by atoms with van der Waals surface area (Å²) in [6.45, 7) is 6.09. The predicted octanol–water partition coefficient (Wildman–Crippen LogP) is 1.83. The minimum Gasteiger partial charge on any atom is -0.363 e. The van der Waals surface area contributed by atoms with Gasteiger partial charge in [-0.15, -0.1) is 0 Å². The molecule has 1 heterocycles. The zero-order chi connectivity index (χ0) is 17.7. The minimum atomic E-state index is -0.0291. The molecule has 0 saturated heterocycles. The molecule has 1 aromatic carbocycles. The Labute approximate surface area is 143 Å². The van der Waals surface area contributed by atoms with E-state index in [-0.39, 0.29) is 5.91 Å². The van der Waals surface area contributed by atoms with Gasteiger partial charge >= 0.3 is 0 Å². The number of nitrogens with zero attached hydrogens (tertiary/aromatic N) is 3. The summed E-state index contributed by atoms with van der Waals surface area (Å²) in [6, 6.07) is 7.70. The Morgan fingerprint density at radius 1 is 1.21 bits per heavy atom. The van der Waals surface area contributed by atoms with Crippen molar-refractivity contribution in [2.24, 2.45) is 7.05 Å². The van der Waals surface area contributed by atoms with Crippen LogP contribution in [0.5, 0.6) is 0 Å². The number of amides is 1. The maximum Gasteiger partial charge on any atom is 0.251 e. The summed E-state index contributed by atoms with van der Waals surface area (Å²) in [6.07, 6.45) is 0. The summed E-state index contributed by atoms with van der Waals surface area (Å²) in [5, 5.41) is 10.8. The quantitative estimate of drug-likeness (QED) is 0.814. The van der Waals surface area contributed by atoms with Crippen LogP contribution in [-0.4, -0.2) is 36.3 Å². The van der Waals surface area contributed by atoms with Crippen LogP contribution in [0.1, 0.15) is 34.1 Å². The molecule has 1 amide bonds. The fourth-order valence-corrected chi connectivity index (χ4v) is 2.82. The highest BCUT2D eigenvalue weighted by Crippen LogP contribution is 2.21. The van der Waals surface area contributed by atoms with Crippen LogP contribution < -0.4 is 15.5 Å². The molecule has 6 heteroatoms. The van der Waals surface area contributed by atoms with Gasteiger partial charge in [0.1, 0.15) is 5.82 Å². The Bertz CT molecular complexity index is 688. The molecule has 0 unspecified atom stereocenters. The number of carbonyl (C=O) groups is 1. The average Bonchev–Trinajstić information content (AvgIpc) is 2.82. The number of hydrogen-bond acceptors (Lipinski definition) is 4. The van der Waals surface area contributed by atoms with E-state index in [1.807, 2.05) is 63.9 Å². The molecule has 0 saturated carbocycles. The van der Waals surface area contributed by atoms with Gasteiger partial charge in [0.15, 0.2) is 0 Å². The van der Waals surface area contributed by atoms with E-state index >= 15 is 0 Å². The van der Waals surface area contributed by atoms with Gasteiger partial charge in [-0.05, 0) is 31.5 Å². The number of aryl methyl sites for hydroxylation is 2. The molecule has 0 spiro atoms. The summed E-state index contributed by atoms with van der Waals surface area (Å²) in [5.74, 6) is 1.09. The van der Waals surface area contributed by atoms with Crippen molar-refractivity contribution in [3.05, 3.63) is 46.6 Å². The van der Waals surface area contributed by atoms with E-state index in [9.17, 15) is 4.79 Å². The second-order valence-corrected chi connectivity index (χ2v) is 6.07. The van der Waals surface area contributed by atoms with Gasteiger partial charge in [0, 0.05) is 51.9 Å². The maximum atomic E-state index is 11.8. The first kappa shape index (κ1) is 18.0. The molecule has 2 rings (SSSR count). The SMILES string of the molecule is CCNC(=O)c1ccc(CNCc2c(C)nn(C)c2N(C)C)cc1. The van der Waals surface area contributed by atoms with Crippen LogP contribution in [0.15, 0.2) is 24.3 Å². The van der Waals surface area contributed by atoms with E-state index in [0.717, 1.165) is 30.2 Å². The highest BCUT2D eigenvalue weighted by atomic mass is 16.1. The third-order valence-corrected chi connectivity index (χ3v) is 3.92. The van der Waals surface area contributed by atoms with Crippen molar-refractivity contribution in [1.82, 2.24) is 20.4 Å². The second kappa shape index (κ2) is 7.97. The normalized spacial score (nSPS) is 10.7. The minimum absolute atomic E-state index is 0.0291. The molecule has 0 radical (unpaired) electrons. The number of anilines is 1. The zero-order valence-corrected chi connectivity index (χ0v) is 15.2. The van der Waals surface area contributed by atoms with Crippen molar-refractivity contribution in [3.8, 4) is 0 Å². The molecule has 2 N–H and O–H groups in total. The maximum absolute atomic E-state index is 11.8. The number of hydrogen-bond donors (Lipinski definition) is 2. The van der Waals surface area contributed by atoms with E-state index in [1.165, 1.54) is 5.56 Å². The monoisotopic (exact) mass is 329 g/mol. The largest absolute Gasteiger partial charge is 0.363 e. The second-order valence-electron chi connectivity index (χ2n) is 6.07. The van der Waals surface area contributed by atoms with Crippen LogP contribution in [-0.2, 0) is 20.1 Å². The standard InChI is InChI=1S/C18H27N5O/c1-6-20-17(24)15-9-7-14(8-10-15)11-19-12-16-13(2)21-23(5)18(16)22(3)4/h7-10,19H,6,11-12H2,1-5H3,(H,20,24). The van der Waals surface area contributed by atoms with Gasteiger partial charge in [0.2, 0.25) is 0 Å². The van der Waals surface area contributed by atoms with Crippen molar-refractivity contribution in [1.29, 1.82) is 0 Å². The molecule has 130 valence electrons. The topological polar surface area (TPSA) is 62.2 Å². The summed E-state index contributed by atoms with van der Waals surface area (Å²) in [4.78, 5) is 13.8.